The first-order chi connectivity index (χ1) is 14.6. The van der Waals surface area contributed by atoms with Gasteiger partial charge in [0.15, 0.2) is 0 Å². The zero-order valence-corrected chi connectivity index (χ0v) is 16.7. The van der Waals surface area contributed by atoms with Gasteiger partial charge in [0.2, 0.25) is 0 Å². The van der Waals surface area contributed by atoms with Crippen molar-refractivity contribution in [1.82, 2.24) is 9.13 Å². The zero-order valence-electron chi connectivity index (χ0n) is 16.7. The largest absolute Gasteiger partial charge is 0.505 e. The summed E-state index contributed by atoms with van der Waals surface area (Å²) in [4.78, 5) is 0. The van der Waals surface area contributed by atoms with Crippen molar-refractivity contribution in [2.45, 2.75) is 6.92 Å². The molecule has 0 bridgehead atoms. The maximum Gasteiger partial charge on any atom is 0.146 e. The minimum Gasteiger partial charge on any atom is -0.505 e. The van der Waals surface area contributed by atoms with Crippen molar-refractivity contribution in [2.75, 3.05) is 0 Å². The number of fused-ring (bicyclic) bond motifs is 6. The number of hydrogen-bond donors (Lipinski definition) is 2. The Labute approximate surface area is 172 Å². The number of nitrogens with zero attached hydrogens (tertiary/aromatic N) is 2. The molecule has 2 heterocycles. The van der Waals surface area contributed by atoms with E-state index < -0.39 is 0 Å². The molecule has 0 aliphatic carbocycles. The van der Waals surface area contributed by atoms with E-state index in [4.69, 9.17) is 0 Å². The number of hydrogen-bond acceptors (Lipinski definition) is 2. The fraction of sp³-hybridized carbons (Fsp3) is 0.0769. The Kier molecular flexibility index (Phi) is 3.28. The molecule has 0 atom stereocenters. The Morgan fingerprint density at radius 2 is 1.13 bits per heavy atom. The van der Waals surface area contributed by atoms with Crippen LogP contribution in [0, 0.1) is 6.92 Å². The Bertz CT molecular complexity index is 1580. The van der Waals surface area contributed by atoms with Crippen molar-refractivity contribution in [3.05, 3.63) is 78.4 Å². The molecule has 0 radical (unpaired) electrons. The van der Waals surface area contributed by atoms with Gasteiger partial charge in [0.1, 0.15) is 11.5 Å². The molecule has 4 heteroatoms. The van der Waals surface area contributed by atoms with Crippen LogP contribution in [0.4, 0.5) is 0 Å². The second-order valence-electron chi connectivity index (χ2n) is 7.84. The number of rotatable bonds is 1. The molecule has 2 aromatic heterocycles. The van der Waals surface area contributed by atoms with Crippen LogP contribution in [0.1, 0.15) is 5.56 Å². The summed E-state index contributed by atoms with van der Waals surface area (Å²) < 4.78 is 4.13. The number of phenolic OH excluding ortho intramolecular Hbond substituents is 2. The average molecular weight is 392 g/mol. The molecule has 6 rings (SSSR count). The molecule has 0 amide bonds. The molecule has 0 unspecified atom stereocenters. The lowest BCUT2D eigenvalue weighted by Crippen LogP contribution is -1.98. The van der Waals surface area contributed by atoms with Gasteiger partial charge >= 0.3 is 0 Å². The first-order valence-electron chi connectivity index (χ1n) is 9.99. The Morgan fingerprint density at radius 1 is 0.633 bits per heavy atom. The molecule has 30 heavy (non-hydrogen) atoms. The van der Waals surface area contributed by atoms with Gasteiger partial charge in [0, 0.05) is 39.7 Å². The number of para-hydroxylation sites is 3. The number of aromatic nitrogens is 2. The van der Waals surface area contributed by atoms with Gasteiger partial charge in [0.25, 0.3) is 0 Å². The van der Waals surface area contributed by atoms with Crippen LogP contribution in [0.2, 0.25) is 0 Å². The predicted octanol–water partition coefficient (Wildman–Crippen LogP) is 6.15. The molecule has 146 valence electrons. The monoisotopic (exact) mass is 392 g/mol. The van der Waals surface area contributed by atoms with Crippen molar-refractivity contribution in [3.8, 4) is 17.2 Å². The SMILES string of the molecule is Cc1c(O)c(-n2c3ccccc3c3ccccc32)c2c3ccccc3n(C)c2c1O. The molecule has 2 N–H and O–H groups in total. The van der Waals surface area contributed by atoms with Crippen molar-refractivity contribution in [1.29, 1.82) is 0 Å². The Balaban J connectivity index is 1.96. The van der Waals surface area contributed by atoms with E-state index in [1.54, 1.807) is 6.92 Å². The molecule has 0 aliphatic heterocycles. The number of benzene rings is 4. The normalized spacial score (nSPS) is 11.9. The highest BCUT2D eigenvalue weighted by molar-refractivity contribution is 6.18. The number of aromatic hydroxyl groups is 2. The zero-order chi connectivity index (χ0) is 20.6. The Hall–Kier alpha value is -3.92. The maximum absolute atomic E-state index is 11.3. The smallest absolute Gasteiger partial charge is 0.146 e. The van der Waals surface area contributed by atoms with E-state index in [0.717, 1.165) is 43.6 Å². The summed E-state index contributed by atoms with van der Waals surface area (Å²) in [6.45, 7) is 1.76. The topological polar surface area (TPSA) is 50.3 Å². The first kappa shape index (κ1) is 17.0. The maximum atomic E-state index is 11.3. The Morgan fingerprint density at radius 3 is 1.73 bits per heavy atom. The lowest BCUT2D eigenvalue weighted by atomic mass is 10.0. The van der Waals surface area contributed by atoms with Gasteiger partial charge < -0.3 is 19.3 Å². The highest BCUT2D eigenvalue weighted by atomic mass is 16.3. The van der Waals surface area contributed by atoms with Crippen molar-refractivity contribution < 1.29 is 10.2 Å². The summed E-state index contributed by atoms with van der Waals surface area (Å²) in [5, 5.41) is 26.4. The van der Waals surface area contributed by atoms with Crippen molar-refractivity contribution in [2.24, 2.45) is 7.05 Å². The summed E-state index contributed by atoms with van der Waals surface area (Å²) in [6, 6.07) is 24.5. The van der Waals surface area contributed by atoms with Gasteiger partial charge in [-0.2, -0.15) is 0 Å². The summed E-state index contributed by atoms with van der Waals surface area (Å²) in [7, 11) is 1.95. The summed E-state index contributed by atoms with van der Waals surface area (Å²) in [6.07, 6.45) is 0. The van der Waals surface area contributed by atoms with Crippen LogP contribution >= 0.6 is 0 Å². The third kappa shape index (κ3) is 1.95. The van der Waals surface area contributed by atoms with E-state index in [-0.39, 0.29) is 11.5 Å². The molecule has 4 nitrogen and oxygen atoms in total. The summed E-state index contributed by atoms with van der Waals surface area (Å²) >= 11 is 0. The first-order valence-corrected chi connectivity index (χ1v) is 9.99. The highest BCUT2D eigenvalue weighted by Crippen LogP contribution is 2.47. The van der Waals surface area contributed by atoms with Crippen LogP contribution < -0.4 is 0 Å². The summed E-state index contributed by atoms with van der Waals surface area (Å²) in [5.74, 6) is 0.216. The van der Waals surface area contributed by atoms with E-state index in [1.165, 1.54) is 0 Å². The lowest BCUT2D eigenvalue weighted by Gasteiger charge is -2.16. The van der Waals surface area contributed by atoms with Gasteiger partial charge in [-0.25, -0.2) is 0 Å². The molecule has 0 saturated heterocycles. The lowest BCUT2D eigenvalue weighted by molar-refractivity contribution is 0.445. The standard InChI is InChI=1S/C26H20N2O2/c1-15-25(29)23-22(18-11-5-6-12-19(18)27(23)2)24(26(15)30)28-20-13-7-3-9-16(20)17-10-4-8-14-21(17)28/h3-14,29-30H,1-2H3. The highest BCUT2D eigenvalue weighted by Gasteiger charge is 2.25. The molecule has 4 aromatic carbocycles. The van der Waals surface area contributed by atoms with Crippen molar-refractivity contribution >= 4 is 43.6 Å². The van der Waals surface area contributed by atoms with Crippen LogP contribution in [0.3, 0.4) is 0 Å². The number of aryl methyl sites for hydroxylation is 1. The predicted molar refractivity (Wildman–Crippen MR) is 123 cm³/mol. The number of phenols is 2. The van der Waals surface area contributed by atoms with Crippen LogP contribution in [0.25, 0.3) is 49.3 Å². The van der Waals surface area contributed by atoms with E-state index >= 15 is 0 Å². The van der Waals surface area contributed by atoms with Gasteiger partial charge in [-0.15, -0.1) is 0 Å². The van der Waals surface area contributed by atoms with E-state index in [9.17, 15) is 10.2 Å². The van der Waals surface area contributed by atoms with E-state index in [1.807, 2.05) is 60.1 Å². The van der Waals surface area contributed by atoms with Crippen LogP contribution in [-0.4, -0.2) is 19.3 Å². The fourth-order valence-corrected chi connectivity index (χ4v) is 4.88. The van der Waals surface area contributed by atoms with Crippen molar-refractivity contribution in [3.63, 3.8) is 0 Å². The molecule has 0 saturated carbocycles. The average Bonchev–Trinajstić information content (AvgIpc) is 3.26. The molecular formula is C26H20N2O2. The second-order valence-corrected chi connectivity index (χ2v) is 7.84. The van der Waals surface area contributed by atoms with E-state index in [2.05, 4.69) is 28.8 Å². The molecule has 6 aromatic rings. The second kappa shape index (κ2) is 5.80. The van der Waals surface area contributed by atoms with Crippen LogP contribution in [0.5, 0.6) is 11.5 Å². The quantitative estimate of drug-likeness (QED) is 0.353. The van der Waals surface area contributed by atoms with E-state index in [0.29, 0.717) is 11.3 Å². The third-order valence-electron chi connectivity index (χ3n) is 6.31. The molecule has 0 spiro atoms. The minimum atomic E-state index is 0.0999. The fourth-order valence-electron chi connectivity index (χ4n) is 4.88. The minimum absolute atomic E-state index is 0.0999. The van der Waals surface area contributed by atoms with Gasteiger partial charge in [-0.05, 0) is 25.1 Å². The van der Waals surface area contributed by atoms with Gasteiger partial charge in [0.05, 0.1) is 22.2 Å². The van der Waals surface area contributed by atoms with Crippen LogP contribution in [0.15, 0.2) is 72.8 Å². The third-order valence-corrected chi connectivity index (χ3v) is 6.31. The van der Waals surface area contributed by atoms with Gasteiger partial charge in [-0.1, -0.05) is 54.6 Å². The molecule has 0 aliphatic rings. The molecular weight excluding hydrogens is 372 g/mol. The van der Waals surface area contributed by atoms with Gasteiger partial charge in [-0.3, -0.25) is 0 Å². The molecule has 0 fully saturated rings. The summed E-state index contributed by atoms with van der Waals surface area (Å²) in [5.41, 5.74) is 4.96. The van der Waals surface area contributed by atoms with Crippen LogP contribution in [-0.2, 0) is 7.05 Å².